The molecule has 5 nitrogen and oxygen atoms in total. The molecule has 2 rings (SSSR count). The number of rotatable bonds is 4. The lowest BCUT2D eigenvalue weighted by molar-refractivity contribution is 0.461. The van der Waals surface area contributed by atoms with Crippen LogP contribution >= 0.6 is 24.0 Å². The Kier molecular flexibility index (Phi) is 6.67. The van der Waals surface area contributed by atoms with Crippen molar-refractivity contribution in [3.63, 3.8) is 0 Å². The van der Waals surface area contributed by atoms with Crippen molar-refractivity contribution in [2.45, 2.75) is 33.7 Å². The SMILES string of the molecule is CCc1nc(C)c(CN=C(N)Nc2cccc(C)c2)o1.I. The van der Waals surface area contributed by atoms with Crippen molar-refractivity contribution in [2.75, 3.05) is 5.32 Å². The molecule has 0 saturated heterocycles. The van der Waals surface area contributed by atoms with E-state index in [9.17, 15) is 0 Å². The van der Waals surface area contributed by atoms with Crippen molar-refractivity contribution in [1.29, 1.82) is 0 Å². The standard InChI is InChI=1S/C15H20N4O.HI/c1-4-14-18-11(3)13(20-14)9-17-15(16)19-12-7-5-6-10(2)8-12;/h5-8H,4,9H2,1-3H3,(H3,16,17,19);1H. The summed E-state index contributed by atoms with van der Waals surface area (Å²) < 4.78 is 5.58. The Morgan fingerprint density at radius 3 is 2.76 bits per heavy atom. The molecule has 0 aliphatic carbocycles. The van der Waals surface area contributed by atoms with Gasteiger partial charge in [-0.15, -0.1) is 24.0 Å². The third-order valence-corrected chi connectivity index (χ3v) is 2.92. The number of aryl methyl sites for hydroxylation is 3. The Morgan fingerprint density at radius 1 is 1.38 bits per heavy atom. The molecule has 0 spiro atoms. The highest BCUT2D eigenvalue weighted by Crippen LogP contribution is 2.12. The Labute approximate surface area is 142 Å². The molecule has 21 heavy (non-hydrogen) atoms. The summed E-state index contributed by atoms with van der Waals surface area (Å²) in [7, 11) is 0. The molecule has 1 aromatic heterocycles. The quantitative estimate of drug-likeness (QED) is 0.469. The fourth-order valence-electron chi connectivity index (χ4n) is 1.85. The van der Waals surface area contributed by atoms with Crippen LogP contribution in [0.3, 0.4) is 0 Å². The summed E-state index contributed by atoms with van der Waals surface area (Å²) in [6, 6.07) is 7.96. The smallest absolute Gasteiger partial charge is 0.194 e. The minimum atomic E-state index is 0. The van der Waals surface area contributed by atoms with E-state index in [1.807, 2.05) is 45.0 Å². The second-order valence-electron chi connectivity index (χ2n) is 4.67. The van der Waals surface area contributed by atoms with E-state index in [-0.39, 0.29) is 24.0 Å². The molecule has 1 heterocycles. The van der Waals surface area contributed by atoms with E-state index in [0.717, 1.165) is 29.5 Å². The zero-order valence-electron chi connectivity index (χ0n) is 12.5. The van der Waals surface area contributed by atoms with Gasteiger partial charge in [0.05, 0.1) is 5.69 Å². The summed E-state index contributed by atoms with van der Waals surface area (Å²) in [5, 5.41) is 3.06. The van der Waals surface area contributed by atoms with Gasteiger partial charge in [-0.25, -0.2) is 9.98 Å². The summed E-state index contributed by atoms with van der Waals surface area (Å²) >= 11 is 0. The number of oxazole rings is 1. The zero-order valence-corrected chi connectivity index (χ0v) is 14.8. The van der Waals surface area contributed by atoms with Crippen molar-refractivity contribution >= 4 is 35.6 Å². The number of nitrogens with two attached hydrogens (primary N) is 1. The number of nitrogens with one attached hydrogen (secondary N) is 1. The van der Waals surface area contributed by atoms with Crippen LogP contribution < -0.4 is 11.1 Å². The third-order valence-electron chi connectivity index (χ3n) is 2.92. The van der Waals surface area contributed by atoms with Crippen LogP contribution in [-0.2, 0) is 13.0 Å². The first-order valence-electron chi connectivity index (χ1n) is 6.67. The van der Waals surface area contributed by atoms with E-state index in [0.29, 0.717) is 12.5 Å². The molecule has 0 saturated carbocycles. The van der Waals surface area contributed by atoms with Crippen LogP contribution in [0.25, 0.3) is 0 Å². The molecule has 0 aliphatic rings. The third kappa shape index (κ3) is 5.04. The molecular weight excluding hydrogens is 379 g/mol. The number of aliphatic imine (C=N–C) groups is 1. The predicted molar refractivity (Wildman–Crippen MR) is 96.2 cm³/mol. The molecule has 114 valence electrons. The molecule has 0 bridgehead atoms. The van der Waals surface area contributed by atoms with Gasteiger partial charge in [-0.05, 0) is 31.5 Å². The van der Waals surface area contributed by atoms with Crippen molar-refractivity contribution in [1.82, 2.24) is 4.98 Å². The van der Waals surface area contributed by atoms with Crippen LogP contribution in [0.15, 0.2) is 33.7 Å². The highest BCUT2D eigenvalue weighted by atomic mass is 127. The number of benzene rings is 1. The Balaban J connectivity index is 0.00000220. The molecule has 0 fully saturated rings. The minimum absolute atomic E-state index is 0. The number of guanidine groups is 1. The van der Waals surface area contributed by atoms with Gasteiger partial charge < -0.3 is 15.5 Å². The average Bonchev–Trinajstić information content (AvgIpc) is 2.77. The Morgan fingerprint density at radius 2 is 2.14 bits per heavy atom. The van der Waals surface area contributed by atoms with Gasteiger partial charge in [0.1, 0.15) is 12.3 Å². The first-order chi connectivity index (χ1) is 9.58. The van der Waals surface area contributed by atoms with Gasteiger partial charge in [0, 0.05) is 12.1 Å². The molecule has 2 aromatic rings. The zero-order chi connectivity index (χ0) is 14.5. The van der Waals surface area contributed by atoms with Gasteiger partial charge in [0.15, 0.2) is 11.9 Å². The molecular formula is C15H21IN4O. The van der Waals surface area contributed by atoms with E-state index < -0.39 is 0 Å². The van der Waals surface area contributed by atoms with Gasteiger partial charge in [0.25, 0.3) is 0 Å². The summed E-state index contributed by atoms with van der Waals surface area (Å²) in [5.41, 5.74) is 8.83. The first-order valence-corrected chi connectivity index (χ1v) is 6.67. The van der Waals surface area contributed by atoms with Gasteiger partial charge in [-0.1, -0.05) is 19.1 Å². The summed E-state index contributed by atoms with van der Waals surface area (Å²) in [5.74, 6) is 1.86. The Bertz CT molecular complexity index is 622. The molecule has 3 N–H and O–H groups in total. The second kappa shape index (κ2) is 8.02. The van der Waals surface area contributed by atoms with Crippen molar-refractivity contribution in [3.8, 4) is 0 Å². The number of aromatic nitrogens is 1. The predicted octanol–water partition coefficient (Wildman–Crippen LogP) is 3.40. The van der Waals surface area contributed by atoms with Crippen LogP contribution in [0, 0.1) is 13.8 Å². The summed E-state index contributed by atoms with van der Waals surface area (Å²) in [6.45, 7) is 6.34. The van der Waals surface area contributed by atoms with Crippen molar-refractivity contribution in [2.24, 2.45) is 10.7 Å². The second-order valence-corrected chi connectivity index (χ2v) is 4.67. The number of anilines is 1. The molecule has 1 aromatic carbocycles. The molecule has 0 radical (unpaired) electrons. The fourth-order valence-corrected chi connectivity index (χ4v) is 1.85. The number of halogens is 1. The lowest BCUT2D eigenvalue weighted by Gasteiger charge is -2.05. The van der Waals surface area contributed by atoms with Gasteiger partial charge in [-0.2, -0.15) is 0 Å². The van der Waals surface area contributed by atoms with Crippen molar-refractivity contribution in [3.05, 3.63) is 47.2 Å². The molecule has 0 aliphatic heterocycles. The first kappa shape index (κ1) is 17.5. The number of nitrogens with zero attached hydrogens (tertiary/aromatic N) is 2. The maximum absolute atomic E-state index is 5.87. The number of hydrogen-bond donors (Lipinski definition) is 2. The van der Waals surface area contributed by atoms with Crippen LogP contribution in [0.2, 0.25) is 0 Å². The van der Waals surface area contributed by atoms with Crippen LogP contribution in [0.4, 0.5) is 5.69 Å². The maximum Gasteiger partial charge on any atom is 0.194 e. The van der Waals surface area contributed by atoms with Crippen LogP contribution in [0.5, 0.6) is 0 Å². The summed E-state index contributed by atoms with van der Waals surface area (Å²) in [6.07, 6.45) is 0.779. The van der Waals surface area contributed by atoms with E-state index in [1.54, 1.807) is 0 Å². The fraction of sp³-hybridized carbons (Fsp3) is 0.333. The normalized spacial score (nSPS) is 11.1. The average molecular weight is 400 g/mol. The molecule has 0 amide bonds. The largest absolute Gasteiger partial charge is 0.443 e. The minimum Gasteiger partial charge on any atom is -0.443 e. The van der Waals surface area contributed by atoms with Gasteiger partial charge in [0.2, 0.25) is 0 Å². The van der Waals surface area contributed by atoms with Gasteiger partial charge >= 0.3 is 0 Å². The van der Waals surface area contributed by atoms with Crippen molar-refractivity contribution < 1.29 is 4.42 Å². The van der Waals surface area contributed by atoms with E-state index in [1.165, 1.54) is 5.56 Å². The Hall–Kier alpha value is -1.57. The monoisotopic (exact) mass is 400 g/mol. The van der Waals surface area contributed by atoms with Crippen LogP contribution in [-0.4, -0.2) is 10.9 Å². The lowest BCUT2D eigenvalue weighted by atomic mass is 10.2. The maximum atomic E-state index is 5.87. The molecule has 0 unspecified atom stereocenters. The van der Waals surface area contributed by atoms with Crippen LogP contribution in [0.1, 0.15) is 29.8 Å². The summed E-state index contributed by atoms with van der Waals surface area (Å²) in [4.78, 5) is 8.58. The highest BCUT2D eigenvalue weighted by molar-refractivity contribution is 14.0. The van der Waals surface area contributed by atoms with E-state index in [4.69, 9.17) is 10.2 Å². The molecule has 6 heteroatoms. The topological polar surface area (TPSA) is 76.4 Å². The van der Waals surface area contributed by atoms with Gasteiger partial charge in [-0.3, -0.25) is 0 Å². The number of hydrogen-bond acceptors (Lipinski definition) is 3. The lowest BCUT2D eigenvalue weighted by Crippen LogP contribution is -2.22. The van der Waals surface area contributed by atoms with E-state index in [2.05, 4.69) is 15.3 Å². The highest BCUT2D eigenvalue weighted by Gasteiger charge is 2.07. The van der Waals surface area contributed by atoms with E-state index >= 15 is 0 Å². The molecule has 0 atom stereocenters.